The lowest BCUT2D eigenvalue weighted by molar-refractivity contribution is 0.613. The third-order valence-corrected chi connectivity index (χ3v) is 1.42. The lowest BCUT2D eigenvalue weighted by Crippen LogP contribution is -1.86. The molecule has 0 aromatic carbocycles. The molecular weight excluding hydrogens is 136 g/mol. The van der Waals surface area contributed by atoms with Gasteiger partial charge < -0.3 is 0 Å². The highest BCUT2D eigenvalue weighted by Gasteiger charge is 1.82. The smallest absolute Gasteiger partial charge is 0.140 e. The first-order valence-electron chi connectivity index (χ1n) is 1.95. The van der Waals surface area contributed by atoms with E-state index in [1.54, 1.807) is 0 Å². The van der Waals surface area contributed by atoms with Crippen LogP contribution in [0.5, 0.6) is 0 Å². The summed E-state index contributed by atoms with van der Waals surface area (Å²) < 4.78 is 19.5. The van der Waals surface area contributed by atoms with Crippen LogP contribution in [-0.4, -0.2) is 20.1 Å². The van der Waals surface area contributed by atoms with E-state index < -0.39 is 10.7 Å². The number of hydrogen-bond donors (Lipinski definition) is 1. The van der Waals surface area contributed by atoms with Gasteiger partial charge in [-0.25, -0.2) is 8.42 Å². The lowest BCUT2D eigenvalue weighted by atomic mass is 10.6. The second kappa shape index (κ2) is 4.40. The molecule has 0 N–H and O–H groups in total. The van der Waals surface area contributed by atoms with Crippen LogP contribution in [0.2, 0.25) is 0 Å². The van der Waals surface area contributed by atoms with Gasteiger partial charge in [0.05, 0.1) is 0 Å². The van der Waals surface area contributed by atoms with Crippen molar-refractivity contribution in [1.29, 1.82) is 0 Å². The van der Waals surface area contributed by atoms with Gasteiger partial charge in [-0.1, -0.05) is 0 Å². The van der Waals surface area contributed by atoms with Crippen LogP contribution in [0.4, 0.5) is 0 Å². The highest BCUT2D eigenvalue weighted by Crippen LogP contribution is 1.82. The summed E-state index contributed by atoms with van der Waals surface area (Å²) in [4.78, 5) is 0. The number of halogens is 1. The molecule has 0 aliphatic rings. The van der Waals surface area contributed by atoms with Gasteiger partial charge in [0, 0.05) is 11.6 Å². The van der Waals surface area contributed by atoms with Crippen molar-refractivity contribution in [2.45, 2.75) is 6.42 Å². The molecule has 0 atom stereocenters. The summed E-state index contributed by atoms with van der Waals surface area (Å²) >= 11 is 5.18. The number of rotatable bonds is 3. The van der Waals surface area contributed by atoms with Gasteiger partial charge >= 0.3 is 0 Å². The van der Waals surface area contributed by atoms with Crippen LogP contribution in [0, 0.1) is 0 Å². The van der Waals surface area contributed by atoms with E-state index in [0.717, 1.165) is 0 Å². The monoisotopic (exact) mass is 142 g/mol. The van der Waals surface area contributed by atoms with E-state index in [1.807, 2.05) is 0 Å². The minimum atomic E-state index is -2.19. The normalized spacial score (nSPS) is 10.0. The molecule has 0 saturated heterocycles. The third kappa shape index (κ3) is 6.24. The van der Waals surface area contributed by atoms with E-state index in [4.69, 9.17) is 11.6 Å². The Morgan fingerprint density at radius 2 is 2.00 bits per heavy atom. The van der Waals surface area contributed by atoms with Crippen LogP contribution < -0.4 is 0 Å². The molecule has 0 bridgehead atoms. The highest BCUT2D eigenvalue weighted by molar-refractivity contribution is 7.72. The maximum atomic E-state index is 9.74. The summed E-state index contributed by atoms with van der Waals surface area (Å²) in [6.45, 7) is 0. The van der Waals surface area contributed by atoms with Gasteiger partial charge in [0.1, 0.15) is 10.7 Å². The van der Waals surface area contributed by atoms with Crippen molar-refractivity contribution in [3.05, 3.63) is 0 Å². The maximum absolute atomic E-state index is 9.74. The molecule has 0 aromatic rings. The maximum Gasteiger partial charge on any atom is 0.140 e. The molecule has 0 spiro atoms. The van der Waals surface area contributed by atoms with Crippen LogP contribution in [0.25, 0.3) is 0 Å². The molecule has 2 nitrogen and oxygen atoms in total. The van der Waals surface area contributed by atoms with Gasteiger partial charge in [-0.2, -0.15) is 0 Å². The summed E-state index contributed by atoms with van der Waals surface area (Å²) in [7, 11) is -2.19. The van der Waals surface area contributed by atoms with Crippen molar-refractivity contribution in [3.63, 3.8) is 0 Å². The van der Waals surface area contributed by atoms with Crippen LogP contribution >= 0.6 is 11.6 Å². The molecule has 7 heavy (non-hydrogen) atoms. The number of alkyl halides is 1. The molecular formula is C3H7ClO2S. The Kier molecular flexibility index (Phi) is 4.55. The van der Waals surface area contributed by atoms with Crippen LogP contribution in [0.3, 0.4) is 0 Å². The standard InChI is InChI=1S/C3H7ClO2S/c4-2-1-3-7(5)6/h7H,1-3H2. The zero-order chi connectivity index (χ0) is 5.70. The summed E-state index contributed by atoms with van der Waals surface area (Å²) in [6.07, 6.45) is 0.570. The van der Waals surface area contributed by atoms with E-state index >= 15 is 0 Å². The van der Waals surface area contributed by atoms with Crippen molar-refractivity contribution in [1.82, 2.24) is 0 Å². The molecule has 4 heteroatoms. The Balaban J connectivity index is 2.98. The third-order valence-electron chi connectivity index (χ3n) is 0.474. The molecule has 0 heterocycles. The minimum absolute atomic E-state index is 0.221. The van der Waals surface area contributed by atoms with Crippen LogP contribution in [-0.2, 0) is 10.7 Å². The molecule has 0 aliphatic carbocycles. The topological polar surface area (TPSA) is 34.1 Å². The fourth-order valence-corrected chi connectivity index (χ4v) is 0.925. The molecule has 0 aromatic heterocycles. The van der Waals surface area contributed by atoms with Crippen LogP contribution in [0.1, 0.15) is 6.42 Å². The van der Waals surface area contributed by atoms with Gasteiger partial charge in [-0.05, 0) is 6.42 Å². The minimum Gasteiger partial charge on any atom is -0.232 e. The first-order chi connectivity index (χ1) is 3.27. The zero-order valence-electron chi connectivity index (χ0n) is 3.76. The van der Waals surface area contributed by atoms with Crippen molar-refractivity contribution >= 4 is 22.3 Å². The van der Waals surface area contributed by atoms with Crippen molar-refractivity contribution in [2.24, 2.45) is 0 Å². The molecule has 44 valence electrons. The highest BCUT2D eigenvalue weighted by atomic mass is 35.5. The fourth-order valence-electron chi connectivity index (χ4n) is 0.189. The van der Waals surface area contributed by atoms with E-state index in [9.17, 15) is 8.42 Å². The molecule has 0 fully saturated rings. The van der Waals surface area contributed by atoms with Crippen molar-refractivity contribution in [3.8, 4) is 0 Å². The first-order valence-corrected chi connectivity index (χ1v) is 3.85. The Morgan fingerprint density at radius 1 is 1.43 bits per heavy atom. The number of hydrogen-bond acceptors (Lipinski definition) is 2. The fraction of sp³-hybridized carbons (Fsp3) is 1.00. The quantitative estimate of drug-likeness (QED) is 0.452. The second-order valence-corrected chi connectivity index (χ2v) is 2.59. The predicted octanol–water partition coefficient (Wildman–Crippen LogP) is 0.227. The van der Waals surface area contributed by atoms with E-state index in [1.165, 1.54) is 0 Å². The average molecular weight is 143 g/mol. The predicted molar refractivity (Wildman–Crippen MR) is 30.5 cm³/mol. The Labute approximate surface area is 49.4 Å². The Morgan fingerprint density at radius 3 is 2.14 bits per heavy atom. The molecule has 0 unspecified atom stereocenters. The summed E-state index contributed by atoms with van der Waals surface area (Å²) in [5.74, 6) is 0.655. The lowest BCUT2D eigenvalue weighted by Gasteiger charge is -1.79. The Bertz CT molecular complexity index is 91.1. The Hall–Kier alpha value is 0.240. The molecule has 0 amide bonds. The molecule has 0 radical (unpaired) electrons. The van der Waals surface area contributed by atoms with Crippen molar-refractivity contribution in [2.75, 3.05) is 11.6 Å². The van der Waals surface area contributed by atoms with Gasteiger partial charge in [0.25, 0.3) is 0 Å². The molecule has 0 aliphatic heterocycles. The summed E-state index contributed by atoms with van der Waals surface area (Å²) in [6, 6.07) is 0. The average Bonchev–Trinajstić information content (AvgIpc) is 1.61. The van der Waals surface area contributed by atoms with E-state index in [-0.39, 0.29) is 5.75 Å². The molecule has 0 rings (SSSR count). The first kappa shape index (κ1) is 7.24. The molecule has 0 saturated carbocycles. The van der Waals surface area contributed by atoms with Crippen molar-refractivity contribution < 1.29 is 8.42 Å². The van der Waals surface area contributed by atoms with Gasteiger partial charge in [0.15, 0.2) is 0 Å². The second-order valence-electron chi connectivity index (χ2n) is 1.10. The largest absolute Gasteiger partial charge is 0.232 e. The van der Waals surface area contributed by atoms with Gasteiger partial charge in [-0.3, -0.25) is 0 Å². The van der Waals surface area contributed by atoms with E-state index in [2.05, 4.69) is 0 Å². The zero-order valence-corrected chi connectivity index (χ0v) is 5.41. The SMILES string of the molecule is O=[SH](=O)CCCCl. The van der Waals surface area contributed by atoms with Gasteiger partial charge in [-0.15, -0.1) is 11.6 Å². The van der Waals surface area contributed by atoms with Gasteiger partial charge in [0.2, 0.25) is 0 Å². The summed E-state index contributed by atoms with van der Waals surface area (Å²) in [5, 5.41) is 0. The van der Waals surface area contributed by atoms with E-state index in [0.29, 0.717) is 12.3 Å². The summed E-state index contributed by atoms with van der Waals surface area (Å²) in [5.41, 5.74) is 0. The number of thiol groups is 1. The van der Waals surface area contributed by atoms with Crippen LogP contribution in [0.15, 0.2) is 0 Å².